The van der Waals surface area contributed by atoms with E-state index in [1.807, 2.05) is 0 Å². The van der Waals surface area contributed by atoms with E-state index in [1.165, 1.54) is 6.42 Å². The summed E-state index contributed by atoms with van der Waals surface area (Å²) in [7, 11) is 0. The summed E-state index contributed by atoms with van der Waals surface area (Å²) < 4.78 is 0.729. The van der Waals surface area contributed by atoms with Gasteiger partial charge in [0.1, 0.15) is 4.60 Å². The van der Waals surface area contributed by atoms with E-state index in [4.69, 9.17) is 0 Å². The van der Waals surface area contributed by atoms with Gasteiger partial charge in [-0.05, 0) is 46.8 Å². The molecule has 0 unspecified atom stereocenters. The Bertz CT molecular complexity index is 427. The summed E-state index contributed by atoms with van der Waals surface area (Å²) in [5.41, 5.74) is 0.786. The van der Waals surface area contributed by atoms with Crippen molar-refractivity contribution in [3.05, 3.63) is 22.9 Å². The maximum Gasteiger partial charge on any atom is 0.241 e. The SMILES string of the molecule is O=C(Nc1ccnc(Br)c1)[C@@H]1C[C@H]2C[C@H]2N1. The maximum absolute atomic E-state index is 11.9. The first kappa shape index (κ1) is 10.2. The molecule has 16 heavy (non-hydrogen) atoms. The van der Waals surface area contributed by atoms with Crippen molar-refractivity contribution in [2.75, 3.05) is 5.32 Å². The number of halogens is 1. The molecular weight excluding hydrogens is 270 g/mol. The van der Waals surface area contributed by atoms with Crippen LogP contribution >= 0.6 is 15.9 Å². The number of hydrogen-bond donors (Lipinski definition) is 2. The molecule has 1 amide bonds. The first-order valence-electron chi connectivity index (χ1n) is 5.41. The lowest BCUT2D eigenvalue weighted by Crippen LogP contribution is -2.37. The van der Waals surface area contributed by atoms with Crippen LogP contribution in [0.3, 0.4) is 0 Å². The maximum atomic E-state index is 11.9. The summed E-state index contributed by atoms with van der Waals surface area (Å²) in [6, 6.07) is 4.17. The molecule has 0 aromatic carbocycles. The molecule has 0 radical (unpaired) electrons. The minimum Gasteiger partial charge on any atom is -0.325 e. The third-order valence-electron chi connectivity index (χ3n) is 3.19. The van der Waals surface area contributed by atoms with Gasteiger partial charge in [-0.2, -0.15) is 0 Å². The van der Waals surface area contributed by atoms with Crippen molar-refractivity contribution in [2.24, 2.45) is 5.92 Å². The van der Waals surface area contributed by atoms with Crippen LogP contribution in [-0.4, -0.2) is 23.0 Å². The predicted molar refractivity (Wildman–Crippen MR) is 64.0 cm³/mol. The van der Waals surface area contributed by atoms with Gasteiger partial charge in [-0.1, -0.05) is 0 Å². The fraction of sp³-hybridized carbons (Fsp3) is 0.455. The Morgan fingerprint density at radius 1 is 1.56 bits per heavy atom. The molecule has 1 saturated heterocycles. The smallest absolute Gasteiger partial charge is 0.241 e. The number of hydrogen-bond acceptors (Lipinski definition) is 3. The Balaban J connectivity index is 1.64. The van der Waals surface area contributed by atoms with Crippen LogP contribution in [0.25, 0.3) is 0 Å². The van der Waals surface area contributed by atoms with Gasteiger partial charge in [0.2, 0.25) is 5.91 Å². The van der Waals surface area contributed by atoms with Crippen molar-refractivity contribution in [1.29, 1.82) is 0 Å². The molecule has 2 N–H and O–H groups in total. The van der Waals surface area contributed by atoms with Gasteiger partial charge in [-0.25, -0.2) is 4.98 Å². The van der Waals surface area contributed by atoms with Gasteiger partial charge in [0.05, 0.1) is 6.04 Å². The van der Waals surface area contributed by atoms with Gasteiger partial charge >= 0.3 is 0 Å². The highest BCUT2D eigenvalue weighted by Crippen LogP contribution is 2.40. The number of anilines is 1. The van der Waals surface area contributed by atoms with Gasteiger partial charge in [-0.15, -0.1) is 0 Å². The van der Waals surface area contributed by atoms with Crippen LogP contribution in [0.5, 0.6) is 0 Å². The fourth-order valence-electron chi connectivity index (χ4n) is 2.23. The van der Waals surface area contributed by atoms with Gasteiger partial charge in [0.25, 0.3) is 0 Å². The lowest BCUT2D eigenvalue weighted by atomic mass is 10.1. The van der Waals surface area contributed by atoms with E-state index in [2.05, 4.69) is 31.5 Å². The second-order valence-corrected chi connectivity index (χ2v) is 5.23. The topological polar surface area (TPSA) is 54.0 Å². The van der Waals surface area contributed by atoms with Crippen LogP contribution in [0.2, 0.25) is 0 Å². The van der Waals surface area contributed by atoms with Crippen LogP contribution in [0.4, 0.5) is 5.69 Å². The number of piperidine rings is 1. The normalized spacial score (nSPS) is 30.9. The molecule has 2 fully saturated rings. The van der Waals surface area contributed by atoms with E-state index in [1.54, 1.807) is 18.3 Å². The standard InChI is InChI=1S/C11H12BrN3O/c12-10-5-7(1-2-13-10)14-11(16)9-4-6-3-8(6)15-9/h1-2,5-6,8-9,15H,3-4H2,(H,13,14,16)/t6-,8-,9+/m1/s1. The number of rotatable bonds is 2. The van der Waals surface area contributed by atoms with Crippen LogP contribution in [0.1, 0.15) is 12.8 Å². The van der Waals surface area contributed by atoms with E-state index in [9.17, 15) is 4.79 Å². The third-order valence-corrected chi connectivity index (χ3v) is 3.62. The Labute approximate surface area is 102 Å². The second kappa shape index (κ2) is 3.82. The summed E-state index contributed by atoms with van der Waals surface area (Å²) in [6.45, 7) is 0. The monoisotopic (exact) mass is 281 g/mol. The predicted octanol–water partition coefficient (Wildman–Crippen LogP) is 1.53. The molecule has 0 bridgehead atoms. The summed E-state index contributed by atoms with van der Waals surface area (Å²) in [5.74, 6) is 0.797. The molecule has 5 heteroatoms. The summed E-state index contributed by atoms with van der Waals surface area (Å²) in [5, 5.41) is 6.22. The minimum absolute atomic E-state index is 0.0179. The average Bonchev–Trinajstić information content (AvgIpc) is 2.86. The van der Waals surface area contributed by atoms with Crippen LogP contribution in [0.15, 0.2) is 22.9 Å². The average molecular weight is 282 g/mol. The lowest BCUT2D eigenvalue weighted by Gasteiger charge is -2.13. The molecule has 3 atom stereocenters. The third kappa shape index (κ3) is 1.97. The molecule has 2 heterocycles. The van der Waals surface area contributed by atoms with Crippen molar-refractivity contribution >= 4 is 27.5 Å². The highest BCUT2D eigenvalue weighted by atomic mass is 79.9. The van der Waals surface area contributed by atoms with E-state index in [0.29, 0.717) is 6.04 Å². The minimum atomic E-state index is -0.0179. The molecule has 1 aromatic heterocycles. The molecule has 4 nitrogen and oxygen atoms in total. The lowest BCUT2D eigenvalue weighted by molar-refractivity contribution is -0.118. The number of nitrogens with one attached hydrogen (secondary N) is 2. The summed E-state index contributed by atoms with van der Waals surface area (Å²) >= 11 is 3.27. The van der Waals surface area contributed by atoms with Crippen LogP contribution in [0, 0.1) is 5.92 Å². The van der Waals surface area contributed by atoms with E-state index >= 15 is 0 Å². The molecule has 0 spiro atoms. The summed E-state index contributed by atoms with van der Waals surface area (Å²) in [6.07, 6.45) is 3.88. The Morgan fingerprint density at radius 2 is 2.44 bits per heavy atom. The van der Waals surface area contributed by atoms with Crippen LogP contribution < -0.4 is 10.6 Å². The van der Waals surface area contributed by atoms with Gasteiger partial charge in [0, 0.05) is 17.9 Å². The van der Waals surface area contributed by atoms with Crippen molar-refractivity contribution < 1.29 is 4.79 Å². The Kier molecular flexibility index (Phi) is 2.44. The number of aromatic nitrogens is 1. The van der Waals surface area contributed by atoms with Crippen LogP contribution in [-0.2, 0) is 4.79 Å². The molecule has 84 valence electrons. The molecule has 1 aliphatic heterocycles. The molecular formula is C11H12BrN3O. The zero-order valence-corrected chi connectivity index (χ0v) is 10.2. The van der Waals surface area contributed by atoms with Gasteiger partial charge in [-0.3, -0.25) is 4.79 Å². The van der Waals surface area contributed by atoms with E-state index < -0.39 is 0 Å². The summed E-state index contributed by atoms with van der Waals surface area (Å²) in [4.78, 5) is 15.9. The highest BCUT2D eigenvalue weighted by molar-refractivity contribution is 9.10. The number of nitrogens with zero attached hydrogens (tertiary/aromatic N) is 1. The number of amides is 1. The first-order valence-corrected chi connectivity index (χ1v) is 6.20. The van der Waals surface area contributed by atoms with E-state index in [0.717, 1.165) is 22.6 Å². The quantitative estimate of drug-likeness (QED) is 0.809. The second-order valence-electron chi connectivity index (χ2n) is 4.41. The number of carbonyl (C=O) groups is 1. The van der Waals surface area contributed by atoms with E-state index in [-0.39, 0.29) is 11.9 Å². The first-order chi connectivity index (χ1) is 7.72. The largest absolute Gasteiger partial charge is 0.325 e. The van der Waals surface area contributed by atoms with Gasteiger partial charge < -0.3 is 10.6 Å². The molecule has 2 aliphatic rings. The molecule has 1 saturated carbocycles. The molecule has 1 aliphatic carbocycles. The highest BCUT2D eigenvalue weighted by Gasteiger charge is 2.47. The number of carbonyl (C=O) groups excluding carboxylic acids is 1. The Morgan fingerprint density at radius 3 is 3.12 bits per heavy atom. The van der Waals surface area contributed by atoms with Crippen molar-refractivity contribution in [3.8, 4) is 0 Å². The number of fused-ring (bicyclic) bond motifs is 1. The van der Waals surface area contributed by atoms with Crippen molar-refractivity contribution in [3.63, 3.8) is 0 Å². The molecule has 3 rings (SSSR count). The zero-order chi connectivity index (χ0) is 11.1. The number of pyridine rings is 1. The van der Waals surface area contributed by atoms with Gasteiger partial charge in [0.15, 0.2) is 0 Å². The molecule has 1 aromatic rings. The fourth-order valence-corrected chi connectivity index (χ4v) is 2.60. The van der Waals surface area contributed by atoms with Crippen molar-refractivity contribution in [1.82, 2.24) is 10.3 Å². The Hall–Kier alpha value is -0.940. The zero-order valence-electron chi connectivity index (χ0n) is 8.61. The van der Waals surface area contributed by atoms with Crippen molar-refractivity contribution in [2.45, 2.75) is 24.9 Å².